The van der Waals surface area contributed by atoms with Gasteiger partial charge in [0.15, 0.2) is 0 Å². The van der Waals surface area contributed by atoms with Crippen LogP contribution in [0.15, 0.2) is 28.7 Å². The molecule has 1 amide bonds. The van der Waals surface area contributed by atoms with Gasteiger partial charge in [-0.15, -0.1) is 0 Å². The van der Waals surface area contributed by atoms with E-state index in [1.165, 1.54) is 5.01 Å². The second-order valence-electron chi connectivity index (χ2n) is 6.10. The van der Waals surface area contributed by atoms with Crippen LogP contribution in [0.25, 0.3) is 0 Å². The number of nitrogens with zero attached hydrogens (tertiary/aromatic N) is 2. The van der Waals surface area contributed by atoms with Crippen molar-refractivity contribution in [2.45, 2.75) is 39.2 Å². The Morgan fingerprint density at radius 1 is 1.22 bits per heavy atom. The van der Waals surface area contributed by atoms with E-state index in [4.69, 9.17) is 9.84 Å². The summed E-state index contributed by atoms with van der Waals surface area (Å²) in [7, 11) is 1.74. The van der Waals surface area contributed by atoms with Crippen LogP contribution in [0, 0.1) is 0 Å². The van der Waals surface area contributed by atoms with E-state index in [1.807, 2.05) is 24.3 Å². The van der Waals surface area contributed by atoms with Crippen LogP contribution in [0.2, 0.25) is 0 Å². The van der Waals surface area contributed by atoms with Crippen molar-refractivity contribution in [1.29, 1.82) is 0 Å². The minimum atomic E-state index is -0.888. The molecule has 0 bridgehead atoms. The molecule has 7 heteroatoms. The van der Waals surface area contributed by atoms with Crippen molar-refractivity contribution in [2.75, 3.05) is 18.6 Å². The van der Waals surface area contributed by atoms with E-state index in [2.05, 4.69) is 15.9 Å². The van der Waals surface area contributed by atoms with Gasteiger partial charge < -0.3 is 9.84 Å². The number of hydrogen-bond donors (Lipinski definition) is 1. The van der Waals surface area contributed by atoms with Crippen LogP contribution in [-0.4, -0.2) is 41.4 Å². The topological polar surface area (TPSA) is 70.1 Å². The Balaban J connectivity index is 2.90. The largest absolute Gasteiger partial charge is 0.481 e. The molecule has 0 fully saturated rings. The van der Waals surface area contributed by atoms with Gasteiger partial charge in [-0.3, -0.25) is 9.80 Å². The summed E-state index contributed by atoms with van der Waals surface area (Å²) in [6.45, 7) is 5.63. The Morgan fingerprint density at radius 3 is 2.26 bits per heavy atom. The Bertz CT molecular complexity index is 540. The van der Waals surface area contributed by atoms with Crippen molar-refractivity contribution in [2.24, 2.45) is 0 Å². The number of rotatable bonds is 6. The van der Waals surface area contributed by atoms with Crippen LogP contribution >= 0.6 is 15.9 Å². The van der Waals surface area contributed by atoms with Crippen molar-refractivity contribution in [3.8, 4) is 0 Å². The highest BCUT2D eigenvalue weighted by Crippen LogP contribution is 2.21. The fourth-order valence-electron chi connectivity index (χ4n) is 1.85. The molecule has 1 aromatic rings. The molecule has 1 N–H and O–H groups in total. The zero-order valence-corrected chi connectivity index (χ0v) is 15.5. The molecule has 0 spiro atoms. The predicted molar refractivity (Wildman–Crippen MR) is 92.4 cm³/mol. The van der Waals surface area contributed by atoms with Crippen molar-refractivity contribution in [3.63, 3.8) is 0 Å². The molecule has 0 aromatic heterocycles. The fourth-order valence-corrected chi connectivity index (χ4v) is 2.12. The first kappa shape index (κ1) is 19.3. The summed E-state index contributed by atoms with van der Waals surface area (Å²) in [5.74, 6) is -0.888. The lowest BCUT2D eigenvalue weighted by molar-refractivity contribution is -0.137. The maximum absolute atomic E-state index is 12.4. The number of benzene rings is 1. The summed E-state index contributed by atoms with van der Waals surface area (Å²) < 4.78 is 6.35. The van der Waals surface area contributed by atoms with E-state index in [-0.39, 0.29) is 13.0 Å². The molecule has 1 rings (SSSR count). The molecule has 6 nitrogen and oxygen atoms in total. The zero-order chi connectivity index (χ0) is 17.6. The number of amides is 1. The van der Waals surface area contributed by atoms with Crippen LogP contribution in [0.1, 0.15) is 33.6 Å². The average molecular weight is 387 g/mol. The first-order valence-electron chi connectivity index (χ1n) is 7.31. The number of carboxylic acids is 1. The number of anilines is 1. The van der Waals surface area contributed by atoms with Gasteiger partial charge in [0.2, 0.25) is 0 Å². The van der Waals surface area contributed by atoms with E-state index in [9.17, 15) is 9.59 Å². The van der Waals surface area contributed by atoms with Gasteiger partial charge in [-0.05, 0) is 51.5 Å². The van der Waals surface area contributed by atoms with E-state index >= 15 is 0 Å². The second-order valence-corrected chi connectivity index (χ2v) is 7.02. The van der Waals surface area contributed by atoms with Gasteiger partial charge in [0, 0.05) is 24.5 Å². The second kappa shape index (κ2) is 8.19. The maximum atomic E-state index is 12.4. The predicted octanol–water partition coefficient (Wildman–Crippen LogP) is 3.90. The molecule has 128 valence electrons. The molecule has 23 heavy (non-hydrogen) atoms. The van der Waals surface area contributed by atoms with Crippen LogP contribution in [0.5, 0.6) is 0 Å². The van der Waals surface area contributed by atoms with Gasteiger partial charge in [0.25, 0.3) is 0 Å². The molecule has 0 heterocycles. The third kappa shape index (κ3) is 6.90. The molecule has 0 saturated carbocycles. The van der Waals surface area contributed by atoms with Gasteiger partial charge >= 0.3 is 12.1 Å². The SMILES string of the molecule is CN(c1ccc(Br)cc1)N(CCCC(=O)O)C(=O)OC(C)(C)C. The normalized spacial score (nSPS) is 11.0. The lowest BCUT2D eigenvalue weighted by Gasteiger charge is -2.34. The van der Waals surface area contributed by atoms with Crippen molar-refractivity contribution < 1.29 is 19.4 Å². The molecule has 0 aliphatic heterocycles. The molecule has 0 saturated heterocycles. The number of hydrogen-bond acceptors (Lipinski definition) is 4. The number of aliphatic carboxylic acids is 1. The molecular formula is C16H23BrN2O4. The van der Waals surface area contributed by atoms with Crippen molar-refractivity contribution in [1.82, 2.24) is 5.01 Å². The van der Waals surface area contributed by atoms with E-state index in [0.717, 1.165) is 10.2 Å². The number of carbonyl (C=O) groups excluding carboxylic acids is 1. The molecule has 0 atom stereocenters. The molecular weight excluding hydrogens is 364 g/mol. The maximum Gasteiger partial charge on any atom is 0.429 e. The summed E-state index contributed by atoms with van der Waals surface area (Å²) in [5, 5.41) is 11.9. The van der Waals surface area contributed by atoms with E-state index in [1.54, 1.807) is 32.8 Å². The van der Waals surface area contributed by atoms with E-state index in [0.29, 0.717) is 6.42 Å². The van der Waals surface area contributed by atoms with Crippen molar-refractivity contribution in [3.05, 3.63) is 28.7 Å². The van der Waals surface area contributed by atoms with Crippen LogP contribution in [0.4, 0.5) is 10.5 Å². The zero-order valence-electron chi connectivity index (χ0n) is 13.9. The highest BCUT2D eigenvalue weighted by atomic mass is 79.9. The van der Waals surface area contributed by atoms with Gasteiger partial charge in [-0.25, -0.2) is 9.80 Å². The van der Waals surface area contributed by atoms with Crippen LogP contribution in [0.3, 0.4) is 0 Å². The first-order valence-corrected chi connectivity index (χ1v) is 8.11. The number of carboxylic acid groups (broad SMARTS) is 1. The highest BCUT2D eigenvalue weighted by Gasteiger charge is 2.25. The summed E-state index contributed by atoms with van der Waals surface area (Å²) in [5.41, 5.74) is 0.178. The fraction of sp³-hybridized carbons (Fsp3) is 0.500. The van der Waals surface area contributed by atoms with Crippen LogP contribution < -0.4 is 5.01 Å². The number of ether oxygens (including phenoxy) is 1. The quantitative estimate of drug-likeness (QED) is 0.750. The summed E-state index contributed by atoms with van der Waals surface area (Å²) in [4.78, 5) is 23.1. The highest BCUT2D eigenvalue weighted by molar-refractivity contribution is 9.10. The van der Waals surface area contributed by atoms with Crippen LogP contribution in [-0.2, 0) is 9.53 Å². The minimum Gasteiger partial charge on any atom is -0.481 e. The molecule has 0 radical (unpaired) electrons. The average Bonchev–Trinajstić information content (AvgIpc) is 2.41. The summed E-state index contributed by atoms with van der Waals surface area (Å²) >= 11 is 3.37. The Labute approximate surface area is 145 Å². The molecule has 1 aromatic carbocycles. The lowest BCUT2D eigenvalue weighted by Crippen LogP contribution is -2.47. The Morgan fingerprint density at radius 2 is 1.78 bits per heavy atom. The third-order valence-electron chi connectivity index (χ3n) is 2.93. The van der Waals surface area contributed by atoms with Gasteiger partial charge in [-0.1, -0.05) is 15.9 Å². The van der Waals surface area contributed by atoms with Gasteiger partial charge in [0.05, 0.1) is 5.69 Å². The molecule has 0 aliphatic rings. The minimum absolute atomic E-state index is 0.00647. The first-order chi connectivity index (χ1) is 10.6. The summed E-state index contributed by atoms with van der Waals surface area (Å²) in [6.07, 6.45) is -0.170. The Hall–Kier alpha value is -1.76. The number of carbonyl (C=O) groups is 2. The third-order valence-corrected chi connectivity index (χ3v) is 3.46. The van der Waals surface area contributed by atoms with E-state index < -0.39 is 17.7 Å². The van der Waals surface area contributed by atoms with Gasteiger partial charge in [-0.2, -0.15) is 0 Å². The molecule has 0 aliphatic carbocycles. The smallest absolute Gasteiger partial charge is 0.429 e. The van der Waals surface area contributed by atoms with Gasteiger partial charge in [0.1, 0.15) is 5.60 Å². The standard InChI is InChI=1S/C16H23BrN2O4/c1-16(2,3)23-15(22)19(11-5-6-14(20)21)18(4)13-9-7-12(17)8-10-13/h7-10H,5-6,11H2,1-4H3,(H,20,21). The number of hydrazine groups is 1. The number of halogens is 1. The monoisotopic (exact) mass is 386 g/mol. The summed E-state index contributed by atoms with van der Waals surface area (Å²) in [6, 6.07) is 7.46. The van der Waals surface area contributed by atoms with Crippen molar-refractivity contribution >= 4 is 33.7 Å². The molecule has 0 unspecified atom stereocenters. The Kier molecular flexibility index (Phi) is 6.87. The lowest BCUT2D eigenvalue weighted by atomic mass is 10.2.